The number of nitrogens with two attached hydrogens (primary N) is 1. The zero-order valence-electron chi connectivity index (χ0n) is 7.58. The smallest absolute Gasteiger partial charge is 0.216 e. The summed E-state index contributed by atoms with van der Waals surface area (Å²) in [5.74, 6) is 0.689. The minimum Gasteiger partial charge on any atom is -0.478 e. The number of aromatic nitrogens is 1. The number of nitrogens with zero attached hydrogens (tertiary/aromatic N) is 1. The van der Waals surface area contributed by atoms with Gasteiger partial charge in [0.2, 0.25) is 5.88 Å². The molecule has 0 spiro atoms. The predicted octanol–water partition coefficient (Wildman–Crippen LogP) is 0.959. The van der Waals surface area contributed by atoms with Gasteiger partial charge < -0.3 is 10.5 Å². The molecule has 0 unspecified atom stereocenters. The van der Waals surface area contributed by atoms with Crippen molar-refractivity contribution in [1.82, 2.24) is 4.98 Å². The molecule has 0 saturated carbocycles. The zero-order chi connectivity index (χ0) is 9.68. The lowest BCUT2D eigenvalue weighted by molar-refractivity contribution is 0.324. The second kappa shape index (κ2) is 4.45. The molecule has 0 amide bonds. The molecule has 0 aromatic carbocycles. The van der Waals surface area contributed by atoms with E-state index in [9.17, 15) is 0 Å². The maximum Gasteiger partial charge on any atom is 0.216 e. The van der Waals surface area contributed by atoms with Crippen molar-refractivity contribution in [2.24, 2.45) is 5.73 Å². The van der Waals surface area contributed by atoms with Gasteiger partial charge in [-0.3, -0.25) is 5.41 Å². The molecule has 4 nitrogen and oxygen atoms in total. The zero-order valence-corrected chi connectivity index (χ0v) is 7.58. The van der Waals surface area contributed by atoms with Gasteiger partial charge in [0, 0.05) is 18.2 Å². The molecule has 1 aromatic rings. The minimum atomic E-state index is 0.119. The molecule has 0 aliphatic rings. The lowest BCUT2D eigenvalue weighted by Crippen LogP contribution is -2.14. The van der Waals surface area contributed by atoms with Crippen molar-refractivity contribution in [2.45, 2.75) is 13.3 Å². The molecule has 0 bridgehead atoms. The summed E-state index contributed by atoms with van der Waals surface area (Å²) in [7, 11) is 0. The lowest BCUT2D eigenvalue weighted by atomic mass is 10.2. The molecule has 4 heteroatoms. The fourth-order valence-corrected chi connectivity index (χ4v) is 1.03. The van der Waals surface area contributed by atoms with Crippen LogP contribution in [0.3, 0.4) is 0 Å². The average Bonchev–Trinajstić information content (AvgIpc) is 2.08. The first kappa shape index (κ1) is 9.51. The Kier molecular flexibility index (Phi) is 3.25. The monoisotopic (exact) mass is 179 g/mol. The number of nitrogens with one attached hydrogen (secondary N) is 1. The van der Waals surface area contributed by atoms with Crippen LogP contribution in [0.5, 0.6) is 5.88 Å². The van der Waals surface area contributed by atoms with Crippen LogP contribution in [0.25, 0.3) is 0 Å². The highest BCUT2D eigenvalue weighted by molar-refractivity contribution is 5.79. The van der Waals surface area contributed by atoms with Gasteiger partial charge in [-0.15, -0.1) is 0 Å². The third kappa shape index (κ3) is 2.74. The van der Waals surface area contributed by atoms with E-state index in [1.165, 1.54) is 0 Å². The number of pyridine rings is 1. The molecule has 70 valence electrons. The number of ether oxygens (including phenoxy) is 1. The molecule has 0 aliphatic heterocycles. The molecule has 1 rings (SSSR count). The number of rotatable bonds is 4. The van der Waals surface area contributed by atoms with E-state index in [1.807, 2.05) is 13.0 Å². The summed E-state index contributed by atoms with van der Waals surface area (Å²) < 4.78 is 5.27. The largest absolute Gasteiger partial charge is 0.478 e. The average molecular weight is 179 g/mol. The summed E-state index contributed by atoms with van der Waals surface area (Å²) in [6.45, 7) is 2.47. The topological polar surface area (TPSA) is 72.0 Å². The van der Waals surface area contributed by atoms with Crippen LogP contribution in [-0.2, 0) is 6.42 Å². The van der Waals surface area contributed by atoms with Crippen molar-refractivity contribution >= 4 is 5.84 Å². The summed E-state index contributed by atoms with van der Waals surface area (Å²) in [6, 6.07) is 3.67. The summed E-state index contributed by atoms with van der Waals surface area (Å²) in [6.07, 6.45) is 2.05. The summed E-state index contributed by atoms with van der Waals surface area (Å²) in [5, 5.41) is 7.16. The van der Waals surface area contributed by atoms with Gasteiger partial charge >= 0.3 is 0 Å². The van der Waals surface area contributed by atoms with Gasteiger partial charge in [0.1, 0.15) is 0 Å². The standard InChI is InChI=1S/C9H13N3O/c1-2-13-9-7(6-8(10)11)4-3-5-12-9/h3-5H,2,6H2,1H3,(H3,10,11). The molecule has 1 aromatic heterocycles. The Bertz CT molecular complexity index is 299. The number of amidine groups is 1. The molecule has 13 heavy (non-hydrogen) atoms. The molecule has 3 N–H and O–H groups in total. The molecule has 0 fully saturated rings. The summed E-state index contributed by atoms with van der Waals surface area (Å²) >= 11 is 0. The van der Waals surface area contributed by atoms with Gasteiger partial charge in [-0.25, -0.2) is 4.98 Å². The Labute approximate surface area is 77.2 Å². The quantitative estimate of drug-likeness (QED) is 0.534. The second-order valence-corrected chi connectivity index (χ2v) is 2.60. The van der Waals surface area contributed by atoms with Crippen LogP contribution in [0.2, 0.25) is 0 Å². The van der Waals surface area contributed by atoms with E-state index in [0.29, 0.717) is 18.9 Å². The van der Waals surface area contributed by atoms with Gasteiger partial charge in [-0.05, 0) is 13.0 Å². The Balaban J connectivity index is 2.84. The van der Waals surface area contributed by atoms with Crippen molar-refractivity contribution in [1.29, 1.82) is 5.41 Å². The van der Waals surface area contributed by atoms with Crippen LogP contribution in [0.15, 0.2) is 18.3 Å². The Hall–Kier alpha value is -1.58. The Morgan fingerprint density at radius 2 is 2.46 bits per heavy atom. The summed E-state index contributed by atoms with van der Waals surface area (Å²) in [5.41, 5.74) is 6.15. The first-order valence-electron chi connectivity index (χ1n) is 4.13. The first-order chi connectivity index (χ1) is 6.24. The third-order valence-corrected chi connectivity index (χ3v) is 1.51. The van der Waals surface area contributed by atoms with E-state index >= 15 is 0 Å². The van der Waals surface area contributed by atoms with E-state index in [-0.39, 0.29) is 5.84 Å². The van der Waals surface area contributed by atoms with Crippen LogP contribution in [-0.4, -0.2) is 17.4 Å². The van der Waals surface area contributed by atoms with Crippen molar-refractivity contribution in [2.75, 3.05) is 6.61 Å². The fourth-order valence-electron chi connectivity index (χ4n) is 1.03. The molecular weight excluding hydrogens is 166 g/mol. The molecule has 0 atom stereocenters. The second-order valence-electron chi connectivity index (χ2n) is 2.60. The lowest BCUT2D eigenvalue weighted by Gasteiger charge is -2.06. The highest BCUT2D eigenvalue weighted by Crippen LogP contribution is 2.14. The molecule has 0 aliphatic carbocycles. The summed E-state index contributed by atoms with van der Waals surface area (Å²) in [4.78, 5) is 4.05. The van der Waals surface area contributed by atoms with E-state index in [1.54, 1.807) is 12.3 Å². The normalized spacial score (nSPS) is 9.62. The van der Waals surface area contributed by atoms with E-state index in [4.69, 9.17) is 15.9 Å². The SMILES string of the molecule is CCOc1ncccc1CC(=N)N. The van der Waals surface area contributed by atoms with Gasteiger partial charge in [0.05, 0.1) is 12.4 Å². The first-order valence-corrected chi connectivity index (χ1v) is 4.13. The van der Waals surface area contributed by atoms with Crippen molar-refractivity contribution in [3.63, 3.8) is 0 Å². The van der Waals surface area contributed by atoms with Crippen LogP contribution >= 0.6 is 0 Å². The van der Waals surface area contributed by atoms with Crippen molar-refractivity contribution in [3.05, 3.63) is 23.9 Å². The highest BCUT2D eigenvalue weighted by atomic mass is 16.5. The molecule has 0 radical (unpaired) electrons. The molecule has 0 saturated heterocycles. The number of hydrogen-bond acceptors (Lipinski definition) is 3. The van der Waals surface area contributed by atoms with Crippen LogP contribution in [0.4, 0.5) is 0 Å². The maximum atomic E-state index is 7.16. The number of hydrogen-bond donors (Lipinski definition) is 2. The van der Waals surface area contributed by atoms with Gasteiger partial charge in [-0.1, -0.05) is 6.07 Å². The highest BCUT2D eigenvalue weighted by Gasteiger charge is 2.04. The third-order valence-electron chi connectivity index (χ3n) is 1.51. The molecule has 1 heterocycles. The van der Waals surface area contributed by atoms with Crippen molar-refractivity contribution < 1.29 is 4.74 Å². The molecular formula is C9H13N3O. The Morgan fingerprint density at radius 1 is 1.69 bits per heavy atom. The Morgan fingerprint density at radius 3 is 3.08 bits per heavy atom. The predicted molar refractivity (Wildman–Crippen MR) is 51.0 cm³/mol. The van der Waals surface area contributed by atoms with Crippen molar-refractivity contribution in [3.8, 4) is 5.88 Å². The van der Waals surface area contributed by atoms with Gasteiger partial charge in [0.25, 0.3) is 0 Å². The minimum absolute atomic E-state index is 0.119. The van der Waals surface area contributed by atoms with E-state index in [2.05, 4.69) is 4.98 Å². The maximum absolute atomic E-state index is 7.16. The van der Waals surface area contributed by atoms with E-state index in [0.717, 1.165) is 5.56 Å². The van der Waals surface area contributed by atoms with E-state index < -0.39 is 0 Å². The fraction of sp³-hybridized carbons (Fsp3) is 0.333. The van der Waals surface area contributed by atoms with Crippen LogP contribution < -0.4 is 10.5 Å². The van der Waals surface area contributed by atoms with Crippen LogP contribution in [0, 0.1) is 5.41 Å². The van der Waals surface area contributed by atoms with Gasteiger partial charge in [-0.2, -0.15) is 0 Å². The van der Waals surface area contributed by atoms with Gasteiger partial charge in [0.15, 0.2) is 0 Å². The van der Waals surface area contributed by atoms with Crippen LogP contribution in [0.1, 0.15) is 12.5 Å².